The van der Waals surface area contributed by atoms with Gasteiger partial charge in [-0.15, -0.1) is 0 Å². The average molecular weight is 352 g/mol. The fraction of sp³-hybridized carbons (Fsp3) is 0.333. The lowest BCUT2D eigenvalue weighted by molar-refractivity contribution is -0.132. The van der Waals surface area contributed by atoms with Crippen molar-refractivity contribution in [2.24, 2.45) is 5.92 Å². The van der Waals surface area contributed by atoms with Crippen LogP contribution in [-0.4, -0.2) is 36.9 Å². The highest BCUT2D eigenvalue weighted by atomic mass is 16.5. The van der Waals surface area contributed by atoms with Crippen molar-refractivity contribution in [3.05, 3.63) is 48.5 Å². The summed E-state index contributed by atoms with van der Waals surface area (Å²) in [4.78, 5) is 25.8. The molecule has 1 fully saturated rings. The molecule has 0 spiro atoms. The third-order valence-electron chi connectivity index (χ3n) is 4.79. The van der Waals surface area contributed by atoms with Crippen LogP contribution in [0.5, 0.6) is 5.75 Å². The molecular weight excluding hydrogens is 328 g/mol. The first-order valence-electron chi connectivity index (χ1n) is 8.87. The molecule has 5 heteroatoms. The largest absolute Gasteiger partial charge is 0.497 e. The first-order chi connectivity index (χ1) is 12.6. The summed E-state index contributed by atoms with van der Waals surface area (Å²) in [5.41, 5.74) is 2.88. The standard InChI is InChI=1S/C21H24N2O3/c1-15(24)23-12-4-6-18(14-23)21(25)22-19-10-8-16(9-11-19)17-5-3-7-20(13-17)26-2/h3,5,7-11,13,18H,4,6,12,14H2,1-2H3,(H,22,25). The van der Waals surface area contributed by atoms with E-state index in [4.69, 9.17) is 4.74 Å². The maximum absolute atomic E-state index is 12.5. The number of anilines is 1. The summed E-state index contributed by atoms with van der Waals surface area (Å²) in [5, 5.41) is 2.97. The number of nitrogens with one attached hydrogen (secondary N) is 1. The Morgan fingerprint density at radius 3 is 2.58 bits per heavy atom. The van der Waals surface area contributed by atoms with Gasteiger partial charge in [-0.2, -0.15) is 0 Å². The van der Waals surface area contributed by atoms with E-state index in [0.29, 0.717) is 6.54 Å². The van der Waals surface area contributed by atoms with Gasteiger partial charge in [0.25, 0.3) is 0 Å². The number of carbonyl (C=O) groups is 2. The molecule has 1 unspecified atom stereocenters. The predicted molar refractivity (Wildman–Crippen MR) is 102 cm³/mol. The van der Waals surface area contributed by atoms with Crippen LogP contribution in [0.3, 0.4) is 0 Å². The van der Waals surface area contributed by atoms with E-state index in [1.165, 1.54) is 0 Å². The Kier molecular flexibility index (Phi) is 5.56. The van der Waals surface area contributed by atoms with Gasteiger partial charge in [0, 0.05) is 25.7 Å². The molecule has 1 aliphatic rings. The van der Waals surface area contributed by atoms with Gasteiger partial charge in [0.1, 0.15) is 5.75 Å². The lowest BCUT2D eigenvalue weighted by Gasteiger charge is -2.31. The van der Waals surface area contributed by atoms with E-state index in [1.807, 2.05) is 48.5 Å². The van der Waals surface area contributed by atoms with Crippen molar-refractivity contribution in [3.8, 4) is 16.9 Å². The smallest absolute Gasteiger partial charge is 0.229 e. The number of carbonyl (C=O) groups excluding carboxylic acids is 2. The van der Waals surface area contributed by atoms with Gasteiger partial charge in [-0.1, -0.05) is 24.3 Å². The zero-order valence-corrected chi connectivity index (χ0v) is 15.2. The zero-order chi connectivity index (χ0) is 18.5. The number of amides is 2. The van der Waals surface area contributed by atoms with Crippen molar-refractivity contribution in [1.29, 1.82) is 0 Å². The van der Waals surface area contributed by atoms with E-state index >= 15 is 0 Å². The number of ether oxygens (including phenoxy) is 1. The number of hydrogen-bond donors (Lipinski definition) is 1. The second-order valence-electron chi connectivity index (χ2n) is 6.60. The van der Waals surface area contributed by atoms with Crippen LogP contribution < -0.4 is 10.1 Å². The molecule has 2 amide bonds. The van der Waals surface area contributed by atoms with Gasteiger partial charge in [0.05, 0.1) is 13.0 Å². The maximum Gasteiger partial charge on any atom is 0.229 e. The quantitative estimate of drug-likeness (QED) is 0.915. The predicted octanol–water partition coefficient (Wildman–Crippen LogP) is 3.56. The van der Waals surface area contributed by atoms with Crippen LogP contribution in [0.1, 0.15) is 19.8 Å². The summed E-state index contributed by atoms with van der Waals surface area (Å²) in [6, 6.07) is 15.6. The summed E-state index contributed by atoms with van der Waals surface area (Å²) in [7, 11) is 1.65. The maximum atomic E-state index is 12.5. The highest BCUT2D eigenvalue weighted by Gasteiger charge is 2.26. The van der Waals surface area contributed by atoms with Crippen molar-refractivity contribution in [2.45, 2.75) is 19.8 Å². The van der Waals surface area contributed by atoms with E-state index in [9.17, 15) is 9.59 Å². The topological polar surface area (TPSA) is 58.6 Å². The fourth-order valence-electron chi connectivity index (χ4n) is 3.27. The van der Waals surface area contributed by atoms with E-state index in [-0.39, 0.29) is 17.7 Å². The molecule has 2 aromatic rings. The second kappa shape index (κ2) is 8.04. The van der Waals surface area contributed by atoms with Gasteiger partial charge in [-0.3, -0.25) is 9.59 Å². The molecule has 1 N–H and O–H groups in total. The minimum atomic E-state index is -0.147. The minimum absolute atomic E-state index is 0.0231. The number of nitrogens with zero attached hydrogens (tertiary/aromatic N) is 1. The Hall–Kier alpha value is -2.82. The molecule has 3 rings (SSSR count). The molecule has 1 aliphatic heterocycles. The van der Waals surface area contributed by atoms with Crippen molar-refractivity contribution in [1.82, 2.24) is 4.90 Å². The summed E-state index contributed by atoms with van der Waals surface area (Å²) in [5.74, 6) is 0.674. The highest BCUT2D eigenvalue weighted by Crippen LogP contribution is 2.25. The molecule has 1 saturated heterocycles. The number of rotatable bonds is 4. The molecule has 5 nitrogen and oxygen atoms in total. The fourth-order valence-corrected chi connectivity index (χ4v) is 3.27. The van der Waals surface area contributed by atoms with Crippen molar-refractivity contribution in [3.63, 3.8) is 0 Å². The lowest BCUT2D eigenvalue weighted by Crippen LogP contribution is -2.42. The molecule has 136 valence electrons. The van der Waals surface area contributed by atoms with Gasteiger partial charge in [0.15, 0.2) is 0 Å². The molecule has 0 bridgehead atoms. The van der Waals surface area contributed by atoms with Crippen LogP contribution >= 0.6 is 0 Å². The first-order valence-corrected chi connectivity index (χ1v) is 8.87. The van der Waals surface area contributed by atoms with Gasteiger partial charge in [-0.25, -0.2) is 0 Å². The summed E-state index contributed by atoms with van der Waals surface area (Å²) < 4.78 is 5.26. The Morgan fingerprint density at radius 1 is 1.12 bits per heavy atom. The van der Waals surface area contributed by atoms with Crippen LogP contribution in [0.15, 0.2) is 48.5 Å². The summed E-state index contributed by atoms with van der Waals surface area (Å²) in [6.45, 7) is 2.80. The average Bonchev–Trinajstić information content (AvgIpc) is 2.68. The normalized spacial score (nSPS) is 16.8. The zero-order valence-electron chi connectivity index (χ0n) is 15.2. The summed E-state index contributed by atoms with van der Waals surface area (Å²) >= 11 is 0. The molecule has 0 radical (unpaired) electrons. The number of methoxy groups -OCH3 is 1. The van der Waals surface area contributed by atoms with E-state index in [1.54, 1.807) is 18.9 Å². The molecule has 26 heavy (non-hydrogen) atoms. The number of likely N-dealkylation sites (tertiary alicyclic amines) is 1. The highest BCUT2D eigenvalue weighted by molar-refractivity contribution is 5.93. The van der Waals surface area contributed by atoms with Crippen LogP contribution in [0.25, 0.3) is 11.1 Å². The third kappa shape index (κ3) is 4.23. The number of benzene rings is 2. The number of piperidine rings is 1. The molecule has 2 aromatic carbocycles. The van der Waals surface area contributed by atoms with Crippen LogP contribution in [0, 0.1) is 5.92 Å². The molecule has 1 atom stereocenters. The van der Waals surface area contributed by atoms with E-state index in [2.05, 4.69) is 5.32 Å². The molecular formula is C21H24N2O3. The van der Waals surface area contributed by atoms with Crippen molar-refractivity contribution < 1.29 is 14.3 Å². The minimum Gasteiger partial charge on any atom is -0.497 e. The Balaban J connectivity index is 1.65. The third-order valence-corrected chi connectivity index (χ3v) is 4.79. The van der Waals surface area contributed by atoms with Crippen LogP contribution in [0.2, 0.25) is 0 Å². The Bertz CT molecular complexity index is 786. The van der Waals surface area contributed by atoms with Gasteiger partial charge >= 0.3 is 0 Å². The van der Waals surface area contributed by atoms with Gasteiger partial charge < -0.3 is 15.0 Å². The van der Waals surface area contributed by atoms with Crippen molar-refractivity contribution >= 4 is 17.5 Å². The van der Waals surface area contributed by atoms with Crippen molar-refractivity contribution in [2.75, 3.05) is 25.5 Å². The SMILES string of the molecule is COc1cccc(-c2ccc(NC(=O)C3CCCN(C(C)=O)C3)cc2)c1. The van der Waals surface area contributed by atoms with Crippen LogP contribution in [0.4, 0.5) is 5.69 Å². The van der Waals surface area contributed by atoms with E-state index < -0.39 is 0 Å². The molecule has 0 aromatic heterocycles. The number of hydrogen-bond acceptors (Lipinski definition) is 3. The molecule has 1 heterocycles. The first kappa shape index (κ1) is 18.0. The Morgan fingerprint density at radius 2 is 1.88 bits per heavy atom. The van der Waals surface area contributed by atoms with E-state index in [0.717, 1.165) is 42.0 Å². The lowest BCUT2D eigenvalue weighted by atomic mass is 9.97. The second-order valence-corrected chi connectivity index (χ2v) is 6.60. The summed E-state index contributed by atoms with van der Waals surface area (Å²) in [6.07, 6.45) is 1.68. The Labute approximate surface area is 154 Å². The van der Waals surface area contributed by atoms with Gasteiger partial charge in [0.2, 0.25) is 11.8 Å². The molecule has 0 saturated carbocycles. The van der Waals surface area contributed by atoms with Gasteiger partial charge in [-0.05, 0) is 48.2 Å². The monoisotopic (exact) mass is 352 g/mol. The molecule has 0 aliphatic carbocycles. The van der Waals surface area contributed by atoms with Crippen LogP contribution in [-0.2, 0) is 9.59 Å².